The molecular formula is C12H8Br3NO. The van der Waals surface area contributed by atoms with Crippen molar-refractivity contribution in [1.29, 1.82) is 0 Å². The topological polar surface area (TPSA) is 22.1 Å². The second kappa shape index (κ2) is 5.98. The summed E-state index contributed by atoms with van der Waals surface area (Å²) in [6.45, 7) is 0.439. The summed E-state index contributed by atoms with van der Waals surface area (Å²) in [5.41, 5.74) is 0.885. The van der Waals surface area contributed by atoms with Gasteiger partial charge in [0.15, 0.2) is 0 Å². The fourth-order valence-corrected chi connectivity index (χ4v) is 2.72. The van der Waals surface area contributed by atoms with Crippen molar-refractivity contribution < 1.29 is 4.74 Å². The number of aromatic nitrogens is 1. The molecule has 2 nitrogen and oxygen atoms in total. The van der Waals surface area contributed by atoms with Crippen molar-refractivity contribution in [1.82, 2.24) is 4.98 Å². The number of rotatable bonds is 3. The molecule has 2 rings (SSSR count). The van der Waals surface area contributed by atoms with E-state index in [1.165, 1.54) is 0 Å². The molecule has 0 fully saturated rings. The van der Waals surface area contributed by atoms with E-state index in [0.717, 1.165) is 24.9 Å². The SMILES string of the molecule is Brc1ccc(COc2c(Br)cccc2Br)nc1. The predicted molar refractivity (Wildman–Crippen MR) is 78.1 cm³/mol. The third-order valence-electron chi connectivity index (χ3n) is 2.07. The lowest BCUT2D eigenvalue weighted by Crippen LogP contribution is -1.98. The van der Waals surface area contributed by atoms with Crippen molar-refractivity contribution in [3.63, 3.8) is 0 Å². The molecule has 1 aromatic heterocycles. The van der Waals surface area contributed by atoms with E-state index in [9.17, 15) is 0 Å². The molecule has 2 aromatic rings. The summed E-state index contributed by atoms with van der Waals surface area (Å²) in [5, 5.41) is 0. The number of hydrogen-bond donors (Lipinski definition) is 0. The van der Waals surface area contributed by atoms with Crippen LogP contribution in [-0.2, 0) is 6.61 Å². The predicted octanol–water partition coefficient (Wildman–Crippen LogP) is 4.95. The van der Waals surface area contributed by atoms with Gasteiger partial charge in [0.05, 0.1) is 14.6 Å². The summed E-state index contributed by atoms with van der Waals surface area (Å²) in [6, 6.07) is 9.69. The van der Waals surface area contributed by atoms with Gasteiger partial charge in [0.1, 0.15) is 12.4 Å². The van der Waals surface area contributed by atoms with Crippen LogP contribution in [0.5, 0.6) is 5.75 Å². The van der Waals surface area contributed by atoms with Gasteiger partial charge in [0.2, 0.25) is 0 Å². The number of nitrogens with zero attached hydrogens (tertiary/aromatic N) is 1. The molecule has 0 bridgehead atoms. The lowest BCUT2D eigenvalue weighted by molar-refractivity contribution is 0.297. The Hall–Kier alpha value is -0.390. The quantitative estimate of drug-likeness (QED) is 0.699. The van der Waals surface area contributed by atoms with Crippen LogP contribution >= 0.6 is 47.8 Å². The summed E-state index contributed by atoms with van der Waals surface area (Å²) in [4.78, 5) is 4.25. The van der Waals surface area contributed by atoms with Crippen LogP contribution in [0.4, 0.5) is 0 Å². The highest BCUT2D eigenvalue weighted by molar-refractivity contribution is 9.11. The van der Waals surface area contributed by atoms with Crippen molar-refractivity contribution in [2.45, 2.75) is 6.61 Å². The maximum atomic E-state index is 5.72. The van der Waals surface area contributed by atoms with Crippen LogP contribution in [0.25, 0.3) is 0 Å². The number of para-hydroxylation sites is 1. The molecule has 0 aliphatic carbocycles. The number of pyridine rings is 1. The largest absolute Gasteiger partial charge is 0.485 e. The molecule has 5 heteroatoms. The Morgan fingerprint density at radius 3 is 2.29 bits per heavy atom. The maximum absolute atomic E-state index is 5.72. The number of hydrogen-bond acceptors (Lipinski definition) is 2. The first-order valence-electron chi connectivity index (χ1n) is 4.84. The molecule has 1 heterocycles. The highest BCUT2D eigenvalue weighted by Gasteiger charge is 2.06. The van der Waals surface area contributed by atoms with Gasteiger partial charge in [-0.3, -0.25) is 4.98 Å². The van der Waals surface area contributed by atoms with Crippen LogP contribution in [0.1, 0.15) is 5.69 Å². The lowest BCUT2D eigenvalue weighted by Gasteiger charge is -2.09. The first-order chi connectivity index (χ1) is 8.16. The molecule has 0 saturated heterocycles. The van der Waals surface area contributed by atoms with E-state index in [1.54, 1.807) is 6.20 Å². The fourth-order valence-electron chi connectivity index (χ4n) is 1.26. The average molecular weight is 422 g/mol. The van der Waals surface area contributed by atoms with E-state index in [2.05, 4.69) is 52.8 Å². The van der Waals surface area contributed by atoms with E-state index >= 15 is 0 Å². The lowest BCUT2D eigenvalue weighted by atomic mass is 10.3. The number of ether oxygens (including phenoxy) is 1. The number of halogens is 3. The molecule has 0 unspecified atom stereocenters. The molecule has 0 N–H and O–H groups in total. The fraction of sp³-hybridized carbons (Fsp3) is 0.0833. The molecule has 0 radical (unpaired) electrons. The summed E-state index contributed by atoms with van der Waals surface area (Å²) in [6.07, 6.45) is 1.76. The van der Waals surface area contributed by atoms with E-state index in [-0.39, 0.29) is 0 Å². The van der Waals surface area contributed by atoms with Crippen molar-refractivity contribution in [3.8, 4) is 5.75 Å². The Labute approximate surface area is 125 Å². The normalized spacial score (nSPS) is 10.3. The molecule has 0 aliphatic rings. The van der Waals surface area contributed by atoms with Crippen molar-refractivity contribution in [3.05, 3.63) is 55.6 Å². The van der Waals surface area contributed by atoms with Gasteiger partial charge >= 0.3 is 0 Å². The van der Waals surface area contributed by atoms with Gasteiger partial charge in [0, 0.05) is 10.7 Å². The van der Waals surface area contributed by atoms with E-state index in [1.807, 2.05) is 30.3 Å². The smallest absolute Gasteiger partial charge is 0.148 e. The van der Waals surface area contributed by atoms with Crippen molar-refractivity contribution in [2.75, 3.05) is 0 Å². The molecular weight excluding hydrogens is 414 g/mol. The summed E-state index contributed by atoms with van der Waals surface area (Å²) >= 11 is 10.2. The van der Waals surface area contributed by atoms with Gasteiger partial charge in [-0.15, -0.1) is 0 Å². The minimum absolute atomic E-state index is 0.439. The molecule has 1 aromatic carbocycles. The molecule has 0 aliphatic heterocycles. The number of benzene rings is 1. The van der Waals surface area contributed by atoms with Crippen LogP contribution in [0.3, 0.4) is 0 Å². The minimum Gasteiger partial charge on any atom is -0.485 e. The molecule has 88 valence electrons. The first-order valence-corrected chi connectivity index (χ1v) is 7.22. The van der Waals surface area contributed by atoms with Crippen molar-refractivity contribution in [2.24, 2.45) is 0 Å². The van der Waals surface area contributed by atoms with Gasteiger partial charge in [-0.1, -0.05) is 6.07 Å². The second-order valence-corrected chi connectivity index (χ2v) is 5.93. The standard InChI is InChI=1S/C12H8Br3NO/c13-8-4-5-9(16-6-8)7-17-12-10(14)2-1-3-11(12)15/h1-6H,7H2. The van der Waals surface area contributed by atoms with Gasteiger partial charge in [-0.05, 0) is 72.1 Å². The Morgan fingerprint density at radius 1 is 1.00 bits per heavy atom. The Morgan fingerprint density at radius 2 is 1.71 bits per heavy atom. The van der Waals surface area contributed by atoms with E-state index in [4.69, 9.17) is 4.74 Å². The first kappa shape index (κ1) is 13.1. The Balaban J connectivity index is 2.10. The van der Waals surface area contributed by atoms with Gasteiger partial charge < -0.3 is 4.74 Å². The average Bonchev–Trinajstić information content (AvgIpc) is 2.31. The zero-order valence-electron chi connectivity index (χ0n) is 8.66. The monoisotopic (exact) mass is 419 g/mol. The van der Waals surface area contributed by atoms with Crippen molar-refractivity contribution >= 4 is 47.8 Å². The van der Waals surface area contributed by atoms with Crippen LogP contribution < -0.4 is 4.74 Å². The third kappa shape index (κ3) is 3.53. The maximum Gasteiger partial charge on any atom is 0.148 e. The minimum atomic E-state index is 0.439. The van der Waals surface area contributed by atoms with Crippen LogP contribution in [0, 0.1) is 0 Å². The summed E-state index contributed by atoms with van der Waals surface area (Å²) < 4.78 is 8.52. The van der Waals surface area contributed by atoms with Gasteiger partial charge in [0.25, 0.3) is 0 Å². The van der Waals surface area contributed by atoms with Gasteiger partial charge in [-0.2, -0.15) is 0 Å². The highest BCUT2D eigenvalue weighted by Crippen LogP contribution is 2.33. The van der Waals surface area contributed by atoms with E-state index < -0.39 is 0 Å². The van der Waals surface area contributed by atoms with Gasteiger partial charge in [-0.25, -0.2) is 0 Å². The zero-order chi connectivity index (χ0) is 12.3. The highest BCUT2D eigenvalue weighted by atomic mass is 79.9. The van der Waals surface area contributed by atoms with E-state index in [0.29, 0.717) is 6.61 Å². The Kier molecular flexibility index (Phi) is 4.59. The summed E-state index contributed by atoms with van der Waals surface area (Å²) in [7, 11) is 0. The molecule has 17 heavy (non-hydrogen) atoms. The molecule has 0 saturated carbocycles. The molecule has 0 spiro atoms. The van der Waals surface area contributed by atoms with Crippen LogP contribution in [-0.4, -0.2) is 4.98 Å². The van der Waals surface area contributed by atoms with Crippen LogP contribution in [0.2, 0.25) is 0 Å². The molecule has 0 amide bonds. The second-order valence-electron chi connectivity index (χ2n) is 3.31. The van der Waals surface area contributed by atoms with Crippen LogP contribution in [0.15, 0.2) is 49.9 Å². The zero-order valence-corrected chi connectivity index (χ0v) is 13.4. The molecule has 0 atom stereocenters. The Bertz CT molecular complexity index is 493. The summed E-state index contributed by atoms with van der Waals surface area (Å²) in [5.74, 6) is 0.789. The third-order valence-corrected chi connectivity index (χ3v) is 3.79.